The number of para-hydroxylation sites is 1. The Hall–Kier alpha value is -3.76. The van der Waals surface area contributed by atoms with Gasteiger partial charge in [-0.2, -0.15) is 0 Å². The SMILES string of the molecule is COC(=O)C1CCCN1C(=O)C1CCCN1C(=O)C1Cc2c([nH]c3ccccc23)CN1C(=O)Nc1ccc(Cl)c(Cl)c1. The second-order valence-electron chi connectivity index (χ2n) is 10.9. The van der Waals surface area contributed by atoms with Crippen LogP contribution in [0.3, 0.4) is 0 Å². The van der Waals surface area contributed by atoms with E-state index >= 15 is 0 Å². The number of carbonyl (C=O) groups excluding carboxylic acids is 4. The molecule has 42 heavy (non-hydrogen) atoms. The molecule has 12 heteroatoms. The minimum atomic E-state index is -0.845. The van der Waals surface area contributed by atoms with Crippen LogP contribution < -0.4 is 5.32 Å². The molecule has 220 valence electrons. The van der Waals surface area contributed by atoms with Crippen molar-refractivity contribution in [2.24, 2.45) is 0 Å². The number of nitrogens with one attached hydrogen (secondary N) is 2. The van der Waals surface area contributed by atoms with E-state index in [4.69, 9.17) is 27.9 Å². The maximum absolute atomic E-state index is 14.3. The van der Waals surface area contributed by atoms with Gasteiger partial charge in [-0.3, -0.25) is 9.59 Å². The summed E-state index contributed by atoms with van der Waals surface area (Å²) in [6, 6.07) is 9.98. The maximum atomic E-state index is 14.3. The molecule has 0 bridgehead atoms. The zero-order chi connectivity index (χ0) is 29.5. The Balaban J connectivity index is 1.30. The van der Waals surface area contributed by atoms with Crippen molar-refractivity contribution < 1.29 is 23.9 Å². The molecule has 2 aromatic carbocycles. The lowest BCUT2D eigenvalue weighted by Gasteiger charge is -2.38. The second kappa shape index (κ2) is 11.5. The van der Waals surface area contributed by atoms with Crippen molar-refractivity contribution in [3.63, 3.8) is 0 Å². The molecule has 2 N–H and O–H groups in total. The number of rotatable bonds is 4. The van der Waals surface area contributed by atoms with Gasteiger partial charge in [-0.15, -0.1) is 0 Å². The van der Waals surface area contributed by atoms with Crippen LogP contribution in [0.2, 0.25) is 10.0 Å². The van der Waals surface area contributed by atoms with Crippen molar-refractivity contribution in [1.82, 2.24) is 19.7 Å². The van der Waals surface area contributed by atoms with Crippen LogP contribution in [0.1, 0.15) is 36.9 Å². The molecule has 0 aliphatic carbocycles. The van der Waals surface area contributed by atoms with E-state index in [1.165, 1.54) is 12.0 Å². The van der Waals surface area contributed by atoms with Gasteiger partial charge >= 0.3 is 12.0 Å². The highest BCUT2D eigenvalue weighted by Gasteiger charge is 2.46. The van der Waals surface area contributed by atoms with Gasteiger partial charge in [0.05, 0.1) is 23.7 Å². The zero-order valence-corrected chi connectivity index (χ0v) is 24.6. The van der Waals surface area contributed by atoms with E-state index < -0.39 is 30.1 Å². The van der Waals surface area contributed by atoms with E-state index in [9.17, 15) is 19.2 Å². The van der Waals surface area contributed by atoms with Crippen LogP contribution in [0.25, 0.3) is 10.9 Å². The van der Waals surface area contributed by atoms with E-state index in [0.717, 1.165) is 22.2 Å². The number of likely N-dealkylation sites (tertiary alicyclic amines) is 2. The summed E-state index contributed by atoms with van der Waals surface area (Å²) < 4.78 is 4.93. The molecule has 0 saturated carbocycles. The fraction of sp³-hybridized carbons (Fsp3) is 0.400. The van der Waals surface area contributed by atoms with Crippen molar-refractivity contribution in [2.45, 2.75) is 56.8 Å². The fourth-order valence-electron chi connectivity index (χ4n) is 6.49. The van der Waals surface area contributed by atoms with E-state index in [-0.39, 0.29) is 18.4 Å². The molecular weight excluding hydrogens is 581 g/mol. The van der Waals surface area contributed by atoms with Crippen molar-refractivity contribution in [1.29, 1.82) is 0 Å². The number of methoxy groups -OCH3 is 1. The van der Waals surface area contributed by atoms with Crippen molar-refractivity contribution in [3.8, 4) is 0 Å². The molecule has 1 aromatic heterocycles. The molecule has 4 amide bonds. The Morgan fingerprint density at radius 3 is 2.31 bits per heavy atom. The molecule has 2 saturated heterocycles. The Morgan fingerprint density at radius 2 is 1.57 bits per heavy atom. The van der Waals surface area contributed by atoms with Gasteiger partial charge in [0.2, 0.25) is 11.8 Å². The molecule has 3 aliphatic heterocycles. The molecule has 6 rings (SSSR count). The van der Waals surface area contributed by atoms with Gasteiger partial charge in [-0.1, -0.05) is 41.4 Å². The van der Waals surface area contributed by atoms with Gasteiger partial charge in [-0.25, -0.2) is 9.59 Å². The first kappa shape index (κ1) is 28.4. The zero-order valence-electron chi connectivity index (χ0n) is 23.1. The highest BCUT2D eigenvalue weighted by molar-refractivity contribution is 6.42. The van der Waals surface area contributed by atoms with Gasteiger partial charge in [0.1, 0.15) is 18.1 Å². The first-order chi connectivity index (χ1) is 20.3. The van der Waals surface area contributed by atoms with Gasteiger partial charge in [0.15, 0.2) is 0 Å². The highest BCUT2D eigenvalue weighted by Crippen LogP contribution is 2.34. The standard InChI is InChI=1S/C30H31Cl2N5O5/c1-42-29(40)25-9-5-13-36(25)27(38)24-8-4-12-35(24)28(39)26-15-19-18-6-2-3-7-22(18)34-23(19)16-37(26)30(41)33-17-10-11-20(31)21(32)14-17/h2-3,6-7,10-11,14,24-26,34H,4-5,8-9,12-13,15-16H2,1H3,(H,33,41). The third-order valence-electron chi connectivity index (χ3n) is 8.55. The summed E-state index contributed by atoms with van der Waals surface area (Å²) in [6.45, 7) is 1.01. The normalized spacial score (nSPS) is 21.9. The number of hydrogen-bond donors (Lipinski definition) is 2. The number of fused-ring (bicyclic) bond motifs is 3. The first-order valence-corrected chi connectivity index (χ1v) is 14.8. The monoisotopic (exact) mass is 611 g/mol. The van der Waals surface area contributed by atoms with E-state index in [1.54, 1.807) is 28.0 Å². The number of amides is 4. The fourth-order valence-corrected chi connectivity index (χ4v) is 6.79. The number of hydrogen-bond acceptors (Lipinski definition) is 5. The number of esters is 1. The Kier molecular flexibility index (Phi) is 7.76. The van der Waals surface area contributed by atoms with Gasteiger partial charge < -0.3 is 29.7 Å². The highest BCUT2D eigenvalue weighted by atomic mass is 35.5. The minimum absolute atomic E-state index is 0.177. The summed E-state index contributed by atoms with van der Waals surface area (Å²) in [5, 5.41) is 4.51. The Bertz CT molecular complexity index is 1570. The van der Waals surface area contributed by atoms with Crippen LogP contribution in [-0.2, 0) is 32.1 Å². The third-order valence-corrected chi connectivity index (χ3v) is 9.29. The lowest BCUT2D eigenvalue weighted by molar-refractivity contribution is -0.154. The van der Waals surface area contributed by atoms with Crippen molar-refractivity contribution >= 4 is 63.6 Å². The Morgan fingerprint density at radius 1 is 0.881 bits per heavy atom. The first-order valence-electron chi connectivity index (χ1n) is 14.1. The average molecular weight is 613 g/mol. The Labute approximate surface area is 252 Å². The van der Waals surface area contributed by atoms with E-state index in [2.05, 4.69) is 10.3 Å². The molecular formula is C30H31Cl2N5O5. The number of urea groups is 1. The number of aromatic amines is 1. The average Bonchev–Trinajstić information content (AvgIpc) is 3.75. The predicted octanol–water partition coefficient (Wildman–Crippen LogP) is 4.59. The summed E-state index contributed by atoms with van der Waals surface area (Å²) in [5.74, 6) is -0.981. The van der Waals surface area contributed by atoms with Crippen LogP contribution in [-0.4, -0.2) is 81.8 Å². The predicted molar refractivity (Wildman–Crippen MR) is 158 cm³/mol. The van der Waals surface area contributed by atoms with Crippen molar-refractivity contribution in [3.05, 3.63) is 63.8 Å². The number of halogens is 2. The quantitative estimate of drug-likeness (QED) is 0.419. The summed E-state index contributed by atoms with van der Waals surface area (Å²) in [6.07, 6.45) is 2.67. The molecule has 3 aliphatic rings. The molecule has 3 atom stereocenters. The van der Waals surface area contributed by atoms with Crippen LogP contribution in [0.15, 0.2) is 42.5 Å². The lowest BCUT2D eigenvalue weighted by atomic mass is 9.95. The number of H-pyrrole nitrogens is 1. The number of carbonyl (C=O) groups is 4. The molecule has 2 fully saturated rings. The molecule has 3 aromatic rings. The third kappa shape index (κ3) is 5.07. The molecule has 10 nitrogen and oxygen atoms in total. The molecule has 0 radical (unpaired) electrons. The summed E-state index contributed by atoms with van der Waals surface area (Å²) in [7, 11) is 1.31. The maximum Gasteiger partial charge on any atom is 0.328 e. The van der Waals surface area contributed by atoms with Crippen LogP contribution in [0, 0.1) is 0 Å². The largest absolute Gasteiger partial charge is 0.467 e. The topological polar surface area (TPSA) is 115 Å². The number of aromatic nitrogens is 1. The van der Waals surface area contributed by atoms with Gasteiger partial charge in [0, 0.05) is 41.8 Å². The number of ether oxygens (including phenoxy) is 1. The molecule has 3 unspecified atom stereocenters. The lowest BCUT2D eigenvalue weighted by Crippen LogP contribution is -2.58. The van der Waals surface area contributed by atoms with E-state index in [1.807, 2.05) is 24.3 Å². The van der Waals surface area contributed by atoms with Gasteiger partial charge in [0.25, 0.3) is 0 Å². The summed E-state index contributed by atoms with van der Waals surface area (Å²) in [5.41, 5.74) is 3.21. The summed E-state index contributed by atoms with van der Waals surface area (Å²) >= 11 is 12.2. The van der Waals surface area contributed by atoms with Crippen molar-refractivity contribution in [2.75, 3.05) is 25.5 Å². The molecule has 0 spiro atoms. The second-order valence-corrected chi connectivity index (χ2v) is 11.8. The summed E-state index contributed by atoms with van der Waals surface area (Å²) in [4.78, 5) is 62.2. The number of anilines is 1. The smallest absolute Gasteiger partial charge is 0.328 e. The van der Waals surface area contributed by atoms with Crippen LogP contribution >= 0.6 is 23.2 Å². The number of benzene rings is 2. The van der Waals surface area contributed by atoms with Gasteiger partial charge in [-0.05, 0) is 55.5 Å². The minimum Gasteiger partial charge on any atom is -0.467 e. The van der Waals surface area contributed by atoms with E-state index in [0.29, 0.717) is 60.9 Å². The number of nitrogens with zero attached hydrogens (tertiary/aromatic N) is 3. The van der Waals surface area contributed by atoms with Crippen LogP contribution in [0.5, 0.6) is 0 Å². The van der Waals surface area contributed by atoms with Crippen LogP contribution in [0.4, 0.5) is 10.5 Å². The molecule has 4 heterocycles.